The van der Waals surface area contributed by atoms with Crippen molar-refractivity contribution in [3.05, 3.63) is 140 Å². The minimum Gasteiger partial charge on any atom is -0.311 e. The van der Waals surface area contributed by atoms with Crippen LogP contribution in [0.5, 0.6) is 0 Å². The van der Waals surface area contributed by atoms with Crippen LogP contribution in [0.4, 0.5) is 17.1 Å². The molecule has 0 saturated heterocycles. The number of anilines is 3. The molecule has 0 aliphatic heterocycles. The highest BCUT2D eigenvalue weighted by Crippen LogP contribution is 2.47. The third-order valence-corrected chi connectivity index (χ3v) is 9.79. The largest absolute Gasteiger partial charge is 0.311 e. The fourth-order valence-corrected chi connectivity index (χ4v) is 8.18. The van der Waals surface area contributed by atoms with Gasteiger partial charge in [0, 0.05) is 57.4 Å². The Balaban J connectivity index is 1.31. The SMILES string of the molecule is c1ccc(N(c2ccccc2)c2ccc(-c3cccc4sc5ccc6c7ccccc7sc6c5c34)cc2)cc1. The van der Waals surface area contributed by atoms with Gasteiger partial charge in [0.15, 0.2) is 0 Å². The van der Waals surface area contributed by atoms with Crippen LogP contribution in [0.1, 0.15) is 0 Å². The summed E-state index contributed by atoms with van der Waals surface area (Å²) in [5.74, 6) is 0. The summed E-state index contributed by atoms with van der Waals surface area (Å²) in [5.41, 5.74) is 5.97. The maximum absolute atomic E-state index is 2.31. The lowest BCUT2D eigenvalue weighted by Crippen LogP contribution is -2.09. The summed E-state index contributed by atoms with van der Waals surface area (Å²) in [7, 11) is 0. The van der Waals surface area contributed by atoms with Gasteiger partial charge in [0.25, 0.3) is 0 Å². The molecule has 3 heteroatoms. The summed E-state index contributed by atoms with van der Waals surface area (Å²) in [6, 6.07) is 50.3. The van der Waals surface area contributed by atoms with Gasteiger partial charge in [0.1, 0.15) is 0 Å². The van der Waals surface area contributed by atoms with Gasteiger partial charge in [-0.2, -0.15) is 0 Å². The summed E-state index contributed by atoms with van der Waals surface area (Å²) >= 11 is 3.81. The van der Waals surface area contributed by atoms with E-state index in [4.69, 9.17) is 0 Å². The average Bonchev–Trinajstić information content (AvgIpc) is 3.57. The Labute approximate surface area is 234 Å². The van der Waals surface area contributed by atoms with Gasteiger partial charge in [-0.05, 0) is 65.7 Å². The number of rotatable bonds is 4. The van der Waals surface area contributed by atoms with Crippen molar-refractivity contribution < 1.29 is 0 Å². The van der Waals surface area contributed by atoms with Crippen molar-refractivity contribution in [1.82, 2.24) is 0 Å². The lowest BCUT2D eigenvalue weighted by molar-refractivity contribution is 1.28. The molecule has 39 heavy (non-hydrogen) atoms. The Hall–Kier alpha value is -4.44. The molecule has 0 fully saturated rings. The summed E-state index contributed by atoms with van der Waals surface area (Å²) in [6.45, 7) is 0. The first-order chi connectivity index (χ1) is 19.3. The number of thiophene rings is 2. The van der Waals surface area contributed by atoms with E-state index in [9.17, 15) is 0 Å². The first-order valence-electron chi connectivity index (χ1n) is 13.1. The molecule has 0 unspecified atom stereocenters. The van der Waals surface area contributed by atoms with E-state index in [0.717, 1.165) is 17.1 Å². The van der Waals surface area contributed by atoms with Crippen LogP contribution in [0.2, 0.25) is 0 Å². The van der Waals surface area contributed by atoms with Crippen molar-refractivity contribution in [1.29, 1.82) is 0 Å². The monoisotopic (exact) mass is 533 g/mol. The van der Waals surface area contributed by atoms with E-state index >= 15 is 0 Å². The third-order valence-electron chi connectivity index (χ3n) is 7.47. The van der Waals surface area contributed by atoms with Crippen LogP contribution >= 0.6 is 22.7 Å². The number of para-hydroxylation sites is 2. The second kappa shape index (κ2) is 9.09. The zero-order chi connectivity index (χ0) is 25.8. The second-order valence-corrected chi connectivity index (χ2v) is 11.9. The Morgan fingerprint density at radius 3 is 1.74 bits per heavy atom. The molecule has 2 heterocycles. The van der Waals surface area contributed by atoms with Crippen molar-refractivity contribution in [3.8, 4) is 11.1 Å². The summed E-state index contributed by atoms with van der Waals surface area (Å²) < 4.78 is 5.44. The fraction of sp³-hybridized carbons (Fsp3) is 0. The van der Waals surface area contributed by atoms with Gasteiger partial charge in [-0.3, -0.25) is 0 Å². The highest BCUT2D eigenvalue weighted by Gasteiger charge is 2.17. The lowest BCUT2D eigenvalue weighted by atomic mass is 9.98. The van der Waals surface area contributed by atoms with Crippen LogP contribution in [-0.4, -0.2) is 0 Å². The van der Waals surface area contributed by atoms with Gasteiger partial charge in [0.05, 0.1) is 0 Å². The molecule has 0 N–H and O–H groups in total. The van der Waals surface area contributed by atoms with Crippen LogP contribution in [0.25, 0.3) is 51.5 Å². The van der Waals surface area contributed by atoms with Gasteiger partial charge in [-0.25, -0.2) is 0 Å². The third kappa shape index (κ3) is 3.66. The van der Waals surface area contributed by atoms with Gasteiger partial charge in [0.2, 0.25) is 0 Å². The first kappa shape index (κ1) is 22.5. The Kier molecular flexibility index (Phi) is 5.25. The van der Waals surface area contributed by atoms with E-state index in [1.165, 1.54) is 51.5 Å². The minimum absolute atomic E-state index is 1.14. The standard InChI is InChI=1S/C36H23NS2/c1-3-10-25(11-4-1)37(26-12-5-2-6-13-26)27-20-18-24(19-21-27)28-15-9-17-32-34(28)35-33(38-32)23-22-30-29-14-7-8-16-31(29)39-36(30)35/h1-23H. The molecule has 0 saturated carbocycles. The van der Waals surface area contributed by atoms with Gasteiger partial charge in [-0.15, -0.1) is 22.7 Å². The topological polar surface area (TPSA) is 3.24 Å². The van der Waals surface area contributed by atoms with Gasteiger partial charge in [-0.1, -0.05) is 84.9 Å². The van der Waals surface area contributed by atoms with Crippen molar-refractivity contribution >= 4 is 80.1 Å². The average molecular weight is 534 g/mol. The smallest absolute Gasteiger partial charge is 0.0462 e. The highest BCUT2D eigenvalue weighted by atomic mass is 32.1. The zero-order valence-electron chi connectivity index (χ0n) is 21.0. The molecule has 0 aliphatic rings. The van der Waals surface area contributed by atoms with Gasteiger partial charge < -0.3 is 4.90 Å². The molecule has 0 amide bonds. The number of hydrogen-bond acceptors (Lipinski definition) is 3. The molecule has 184 valence electrons. The van der Waals surface area contributed by atoms with Crippen molar-refractivity contribution in [2.24, 2.45) is 0 Å². The minimum atomic E-state index is 1.14. The predicted octanol–water partition coefficient (Wildman–Crippen LogP) is 11.6. The molecular formula is C36H23NS2. The van der Waals surface area contributed by atoms with E-state index in [0.29, 0.717) is 0 Å². The van der Waals surface area contributed by atoms with Gasteiger partial charge >= 0.3 is 0 Å². The van der Waals surface area contributed by atoms with Crippen LogP contribution in [0.15, 0.2) is 140 Å². The molecule has 1 nitrogen and oxygen atoms in total. The Morgan fingerprint density at radius 2 is 1.00 bits per heavy atom. The number of nitrogens with zero attached hydrogens (tertiary/aromatic N) is 1. The Morgan fingerprint density at radius 1 is 0.385 bits per heavy atom. The predicted molar refractivity (Wildman–Crippen MR) is 172 cm³/mol. The molecular weight excluding hydrogens is 511 g/mol. The molecule has 6 aromatic carbocycles. The van der Waals surface area contributed by atoms with E-state index in [2.05, 4.69) is 144 Å². The summed E-state index contributed by atoms with van der Waals surface area (Å²) in [6.07, 6.45) is 0. The molecule has 0 aliphatic carbocycles. The van der Waals surface area contributed by atoms with E-state index in [-0.39, 0.29) is 0 Å². The quantitative estimate of drug-likeness (QED) is 0.217. The molecule has 0 atom stereocenters. The van der Waals surface area contributed by atoms with Crippen molar-refractivity contribution in [3.63, 3.8) is 0 Å². The van der Waals surface area contributed by atoms with E-state index < -0.39 is 0 Å². The van der Waals surface area contributed by atoms with Crippen LogP contribution in [-0.2, 0) is 0 Å². The van der Waals surface area contributed by atoms with Crippen LogP contribution < -0.4 is 4.90 Å². The Bertz CT molecular complexity index is 2060. The number of hydrogen-bond donors (Lipinski definition) is 0. The van der Waals surface area contributed by atoms with Crippen LogP contribution in [0.3, 0.4) is 0 Å². The number of fused-ring (bicyclic) bond motifs is 7. The molecule has 0 radical (unpaired) electrons. The molecule has 0 bridgehead atoms. The lowest BCUT2D eigenvalue weighted by Gasteiger charge is -2.25. The summed E-state index contributed by atoms with van der Waals surface area (Å²) in [5, 5.41) is 5.46. The van der Waals surface area contributed by atoms with E-state index in [1.807, 2.05) is 22.7 Å². The fourth-order valence-electron chi connectivity index (χ4n) is 5.72. The van der Waals surface area contributed by atoms with Crippen molar-refractivity contribution in [2.75, 3.05) is 4.90 Å². The first-order valence-corrected chi connectivity index (χ1v) is 14.7. The van der Waals surface area contributed by atoms with E-state index in [1.54, 1.807) is 0 Å². The number of benzene rings is 6. The van der Waals surface area contributed by atoms with Crippen molar-refractivity contribution in [2.45, 2.75) is 0 Å². The van der Waals surface area contributed by atoms with Crippen LogP contribution in [0, 0.1) is 0 Å². The summed E-state index contributed by atoms with van der Waals surface area (Å²) in [4.78, 5) is 2.31. The molecule has 0 spiro atoms. The molecule has 8 rings (SSSR count). The molecule has 2 aromatic heterocycles. The molecule has 8 aromatic rings. The highest BCUT2D eigenvalue weighted by molar-refractivity contribution is 7.29. The normalized spacial score (nSPS) is 11.6. The zero-order valence-corrected chi connectivity index (χ0v) is 22.7. The maximum atomic E-state index is 2.31. The maximum Gasteiger partial charge on any atom is 0.0462 e. The second-order valence-electron chi connectivity index (χ2n) is 9.75.